The Morgan fingerprint density at radius 1 is 0.875 bits per heavy atom. The minimum atomic E-state index is 1.03. The molecule has 2 heteroatoms. The second-order valence-electron chi connectivity index (χ2n) is 5.14. The summed E-state index contributed by atoms with van der Waals surface area (Å²) < 4.78 is 1.17. The molecule has 1 aromatic rings. The molecule has 1 aliphatic heterocycles. The normalized spacial score (nSPS) is 22.4. The molecule has 0 aromatic heterocycles. The molecular formula is C14H18BrN. The van der Waals surface area contributed by atoms with Gasteiger partial charge in [-0.2, -0.15) is 0 Å². The molecule has 0 bridgehead atoms. The van der Waals surface area contributed by atoms with E-state index in [4.69, 9.17) is 0 Å². The van der Waals surface area contributed by atoms with Crippen molar-refractivity contribution < 1.29 is 0 Å². The summed E-state index contributed by atoms with van der Waals surface area (Å²) in [6.45, 7) is 2.51. The smallest absolute Gasteiger partial charge is 0.0366 e. The predicted molar refractivity (Wildman–Crippen MR) is 71.8 cm³/mol. The van der Waals surface area contributed by atoms with E-state index in [0.29, 0.717) is 0 Å². The summed E-state index contributed by atoms with van der Waals surface area (Å²) in [7, 11) is 0. The number of piperidine rings is 1. The summed E-state index contributed by atoms with van der Waals surface area (Å²) in [5, 5.41) is 0. The van der Waals surface area contributed by atoms with Crippen molar-refractivity contribution in [3.8, 4) is 0 Å². The molecule has 0 amide bonds. The molecule has 86 valence electrons. The van der Waals surface area contributed by atoms with Crippen molar-refractivity contribution in [1.29, 1.82) is 0 Å². The maximum atomic E-state index is 3.49. The Morgan fingerprint density at radius 3 is 2.00 bits per heavy atom. The van der Waals surface area contributed by atoms with Crippen LogP contribution in [0.25, 0.3) is 0 Å². The summed E-state index contributed by atoms with van der Waals surface area (Å²) >= 11 is 3.49. The lowest BCUT2D eigenvalue weighted by Gasteiger charge is -2.33. The van der Waals surface area contributed by atoms with Gasteiger partial charge in [0.25, 0.3) is 0 Å². The number of benzene rings is 1. The highest BCUT2D eigenvalue weighted by molar-refractivity contribution is 9.10. The van der Waals surface area contributed by atoms with E-state index in [-0.39, 0.29) is 0 Å². The first-order chi connectivity index (χ1) is 7.83. The summed E-state index contributed by atoms with van der Waals surface area (Å²) in [6.07, 6.45) is 5.81. The van der Waals surface area contributed by atoms with Crippen molar-refractivity contribution in [3.63, 3.8) is 0 Å². The van der Waals surface area contributed by atoms with Gasteiger partial charge in [-0.1, -0.05) is 15.9 Å². The molecule has 0 N–H and O–H groups in total. The van der Waals surface area contributed by atoms with Gasteiger partial charge in [0.05, 0.1) is 0 Å². The fraction of sp³-hybridized carbons (Fsp3) is 0.571. The van der Waals surface area contributed by atoms with Crippen LogP contribution in [0.4, 0.5) is 5.69 Å². The minimum absolute atomic E-state index is 1.03. The average molecular weight is 280 g/mol. The highest BCUT2D eigenvalue weighted by atomic mass is 79.9. The van der Waals surface area contributed by atoms with Crippen molar-refractivity contribution in [3.05, 3.63) is 28.7 Å². The molecule has 1 saturated heterocycles. The van der Waals surface area contributed by atoms with Gasteiger partial charge in [0.1, 0.15) is 0 Å². The number of nitrogens with zero attached hydrogens (tertiary/aromatic N) is 1. The van der Waals surface area contributed by atoms with Crippen LogP contribution < -0.4 is 4.90 Å². The Kier molecular flexibility index (Phi) is 2.93. The summed E-state index contributed by atoms with van der Waals surface area (Å²) in [5.74, 6) is 2.12. The number of anilines is 1. The van der Waals surface area contributed by atoms with Crippen LogP contribution in [0.1, 0.15) is 25.7 Å². The number of rotatable bonds is 2. The Labute approximate surface area is 106 Å². The van der Waals surface area contributed by atoms with Crippen LogP contribution in [0, 0.1) is 11.8 Å². The van der Waals surface area contributed by atoms with E-state index in [9.17, 15) is 0 Å². The molecular weight excluding hydrogens is 262 g/mol. The van der Waals surface area contributed by atoms with Crippen LogP contribution in [0.15, 0.2) is 28.7 Å². The Hall–Kier alpha value is -0.500. The quantitative estimate of drug-likeness (QED) is 0.789. The van der Waals surface area contributed by atoms with E-state index in [1.807, 2.05) is 0 Å². The lowest BCUT2D eigenvalue weighted by molar-refractivity contribution is 0.363. The van der Waals surface area contributed by atoms with Gasteiger partial charge in [-0.3, -0.25) is 0 Å². The molecule has 1 nitrogen and oxygen atoms in total. The van der Waals surface area contributed by atoms with E-state index < -0.39 is 0 Å². The number of hydrogen-bond donors (Lipinski definition) is 0. The number of hydrogen-bond acceptors (Lipinski definition) is 1. The van der Waals surface area contributed by atoms with Gasteiger partial charge in [0.2, 0.25) is 0 Å². The van der Waals surface area contributed by atoms with Crippen LogP contribution >= 0.6 is 15.9 Å². The largest absolute Gasteiger partial charge is 0.372 e. The van der Waals surface area contributed by atoms with Crippen molar-refractivity contribution in [2.75, 3.05) is 18.0 Å². The highest BCUT2D eigenvalue weighted by Gasteiger charge is 2.33. The first-order valence-electron chi connectivity index (χ1n) is 6.33. The van der Waals surface area contributed by atoms with Crippen LogP contribution in [0.3, 0.4) is 0 Å². The zero-order chi connectivity index (χ0) is 11.0. The molecule has 2 aliphatic rings. The van der Waals surface area contributed by atoms with Crippen molar-refractivity contribution in [2.45, 2.75) is 25.7 Å². The molecule has 1 aliphatic carbocycles. The molecule has 1 aromatic carbocycles. The fourth-order valence-electron chi connectivity index (χ4n) is 2.85. The van der Waals surface area contributed by atoms with E-state index in [1.165, 1.54) is 48.9 Å². The van der Waals surface area contributed by atoms with E-state index in [0.717, 1.165) is 11.8 Å². The average Bonchev–Trinajstić information content (AvgIpc) is 3.14. The van der Waals surface area contributed by atoms with Crippen molar-refractivity contribution >= 4 is 21.6 Å². The van der Waals surface area contributed by atoms with Crippen LogP contribution in [-0.4, -0.2) is 13.1 Å². The second kappa shape index (κ2) is 4.40. The Bertz CT molecular complexity index is 348. The van der Waals surface area contributed by atoms with Gasteiger partial charge in [0.15, 0.2) is 0 Å². The fourth-order valence-corrected chi connectivity index (χ4v) is 3.11. The topological polar surface area (TPSA) is 3.24 Å². The summed E-state index contributed by atoms with van der Waals surface area (Å²) in [4.78, 5) is 2.53. The molecule has 0 radical (unpaired) electrons. The van der Waals surface area contributed by atoms with E-state index in [1.54, 1.807) is 0 Å². The molecule has 16 heavy (non-hydrogen) atoms. The molecule has 2 fully saturated rings. The zero-order valence-electron chi connectivity index (χ0n) is 9.53. The van der Waals surface area contributed by atoms with Gasteiger partial charge in [0, 0.05) is 23.2 Å². The molecule has 0 atom stereocenters. The third kappa shape index (κ3) is 2.27. The van der Waals surface area contributed by atoms with Crippen LogP contribution in [-0.2, 0) is 0 Å². The predicted octanol–water partition coefficient (Wildman–Crippen LogP) is 4.08. The molecule has 3 rings (SSSR count). The van der Waals surface area contributed by atoms with Gasteiger partial charge < -0.3 is 4.90 Å². The lowest BCUT2D eigenvalue weighted by atomic mass is 9.92. The molecule has 0 unspecified atom stereocenters. The van der Waals surface area contributed by atoms with Crippen molar-refractivity contribution in [2.24, 2.45) is 11.8 Å². The van der Waals surface area contributed by atoms with E-state index >= 15 is 0 Å². The van der Waals surface area contributed by atoms with Gasteiger partial charge >= 0.3 is 0 Å². The summed E-state index contributed by atoms with van der Waals surface area (Å²) in [6, 6.07) is 8.73. The molecule has 1 saturated carbocycles. The Balaban J connectivity index is 1.62. The number of halogens is 1. The monoisotopic (exact) mass is 279 g/mol. The standard InChI is InChI=1S/C14H18BrN/c15-13-3-5-14(6-4-13)16-9-7-12(8-10-16)11-1-2-11/h3-6,11-12H,1-2,7-10H2. The Morgan fingerprint density at radius 2 is 1.44 bits per heavy atom. The van der Waals surface area contributed by atoms with Gasteiger partial charge in [-0.25, -0.2) is 0 Å². The van der Waals surface area contributed by atoms with Crippen LogP contribution in [0.2, 0.25) is 0 Å². The maximum Gasteiger partial charge on any atom is 0.0366 e. The third-order valence-electron chi connectivity index (χ3n) is 4.02. The second-order valence-corrected chi connectivity index (χ2v) is 6.05. The van der Waals surface area contributed by atoms with Crippen molar-refractivity contribution in [1.82, 2.24) is 0 Å². The molecule has 1 heterocycles. The van der Waals surface area contributed by atoms with E-state index in [2.05, 4.69) is 45.1 Å². The first-order valence-corrected chi connectivity index (χ1v) is 7.13. The first kappa shape index (κ1) is 10.6. The summed E-state index contributed by atoms with van der Waals surface area (Å²) in [5.41, 5.74) is 1.39. The van der Waals surface area contributed by atoms with Gasteiger partial charge in [-0.05, 0) is 61.8 Å². The van der Waals surface area contributed by atoms with Crippen LogP contribution in [0.5, 0.6) is 0 Å². The minimum Gasteiger partial charge on any atom is -0.372 e. The lowest BCUT2D eigenvalue weighted by Crippen LogP contribution is -2.34. The van der Waals surface area contributed by atoms with Gasteiger partial charge in [-0.15, -0.1) is 0 Å². The highest BCUT2D eigenvalue weighted by Crippen LogP contribution is 2.42. The molecule has 0 spiro atoms. The zero-order valence-corrected chi connectivity index (χ0v) is 11.1. The maximum absolute atomic E-state index is 3.49. The SMILES string of the molecule is Brc1ccc(N2CCC(C3CC3)CC2)cc1. The third-order valence-corrected chi connectivity index (χ3v) is 4.55.